The van der Waals surface area contributed by atoms with Crippen molar-refractivity contribution in [2.24, 2.45) is 34.6 Å². The summed E-state index contributed by atoms with van der Waals surface area (Å²) < 4.78 is 12.5. The van der Waals surface area contributed by atoms with Crippen LogP contribution in [0.2, 0.25) is 0 Å². The third-order valence-electron chi connectivity index (χ3n) is 12.6. The van der Waals surface area contributed by atoms with Crippen LogP contribution >= 0.6 is 0 Å². The lowest BCUT2D eigenvalue weighted by molar-refractivity contribution is -0.152. The van der Waals surface area contributed by atoms with Crippen LogP contribution in [0.15, 0.2) is 0 Å². The van der Waals surface area contributed by atoms with Gasteiger partial charge in [0.25, 0.3) is 0 Å². The molecule has 0 aromatic rings. The lowest BCUT2D eigenvalue weighted by Gasteiger charge is -2.55. The van der Waals surface area contributed by atoms with Gasteiger partial charge in [-0.25, -0.2) is 0 Å². The zero-order chi connectivity index (χ0) is 37.6. The minimum atomic E-state index is -1.17. The van der Waals surface area contributed by atoms with E-state index in [9.17, 15) is 24.0 Å². The monoisotopic (exact) mass is 731 g/mol. The molecule has 4 saturated carbocycles. The predicted octanol–water partition coefficient (Wildman–Crippen LogP) is 1.58. The van der Waals surface area contributed by atoms with Crippen LogP contribution in [0.5, 0.6) is 0 Å². The molecular formula is C38H65N7O7. The van der Waals surface area contributed by atoms with Gasteiger partial charge in [0.2, 0.25) is 29.5 Å². The molecule has 5 fully saturated rings. The zero-order valence-corrected chi connectivity index (χ0v) is 31.8. The van der Waals surface area contributed by atoms with Crippen molar-refractivity contribution in [3.05, 3.63) is 0 Å². The third-order valence-corrected chi connectivity index (χ3v) is 12.6. The Balaban J connectivity index is 1.43. The first-order valence-corrected chi connectivity index (χ1v) is 20.0. The number of nitrogens with zero attached hydrogens (tertiary/aromatic N) is 1. The Morgan fingerprint density at radius 1 is 0.865 bits per heavy atom. The van der Waals surface area contributed by atoms with Gasteiger partial charge in [-0.3, -0.25) is 24.0 Å². The second-order valence-corrected chi connectivity index (χ2v) is 16.7. The fraction of sp³-hybridized carbons (Fsp3) is 0.868. The van der Waals surface area contributed by atoms with E-state index < -0.39 is 66.0 Å². The second-order valence-electron chi connectivity index (χ2n) is 16.7. The van der Waals surface area contributed by atoms with Crippen LogP contribution in [0.1, 0.15) is 117 Å². The molecule has 14 nitrogen and oxygen atoms in total. The number of nitrogens with two attached hydrogens (primary N) is 2. The van der Waals surface area contributed by atoms with Gasteiger partial charge in [0.05, 0.1) is 24.7 Å². The normalized spacial score (nSPS) is 35.9. The number of likely N-dealkylation sites (N-methyl/N-ethyl adjacent to an activating group) is 1. The number of hydrogen-bond acceptors (Lipinski definition) is 9. The minimum Gasteiger partial charge on any atom is -0.375 e. The molecule has 7 atom stereocenters. The average molecular weight is 732 g/mol. The van der Waals surface area contributed by atoms with Gasteiger partial charge in [-0.1, -0.05) is 46.0 Å². The summed E-state index contributed by atoms with van der Waals surface area (Å²) in [7, 11) is 1.65. The maximum atomic E-state index is 14.3. The van der Waals surface area contributed by atoms with Crippen molar-refractivity contribution >= 4 is 29.5 Å². The molecule has 52 heavy (non-hydrogen) atoms. The Kier molecular flexibility index (Phi) is 14.0. The summed E-state index contributed by atoms with van der Waals surface area (Å²) >= 11 is 0. The number of hydrogen-bond donors (Lipinski definition) is 6. The standard InChI is InChI=1S/C38H65N7O7/c1-5-10-30-35(48)44-32(25-11-7-6-8-12-25)36(49)42-28(20-39)33(46)43-29(21-51-27-16-26(40)17-27)34(47)41-23(3)52-31(22(2)37(50)45(30)4)15-24-18-38(19-24)13-9-14-38/h22-32H,5-21,39-40H2,1-4H3,(H,41,47)(H,42,49)(H,43,46)(H,44,48)/t22-,23+,26-,27-,28+,29+,30+,31-,32+/m1/s1. The lowest BCUT2D eigenvalue weighted by Crippen LogP contribution is -2.62. The number of ether oxygens (including phenoxy) is 2. The van der Waals surface area contributed by atoms with Crippen LogP contribution < -0.4 is 32.7 Å². The maximum absolute atomic E-state index is 14.3. The average Bonchev–Trinajstić information content (AvgIpc) is 3.07. The van der Waals surface area contributed by atoms with Gasteiger partial charge in [-0.2, -0.15) is 0 Å². The van der Waals surface area contributed by atoms with Crippen molar-refractivity contribution in [1.29, 1.82) is 0 Å². The Labute approximate surface area is 309 Å². The number of nitrogens with one attached hydrogen (secondary N) is 4. The molecule has 294 valence electrons. The van der Waals surface area contributed by atoms with Crippen LogP contribution in [0.4, 0.5) is 0 Å². The molecule has 1 aliphatic heterocycles. The SMILES string of the molecule is CCC[C@H]1C(=O)N[C@@H](C2CCCCC2)C(=O)N[C@@H](CN)C(=O)N[C@@H](CO[C@H]2C[C@H](N)C2)C(=O)N[C@H](C)O[C@H](CC2CC3(CCC3)C2)[C@@H](C)C(=O)N1C. The van der Waals surface area contributed by atoms with Crippen LogP contribution in [-0.4, -0.2) is 103 Å². The van der Waals surface area contributed by atoms with E-state index in [1.165, 1.54) is 24.2 Å². The van der Waals surface area contributed by atoms with Crippen molar-refractivity contribution in [2.45, 2.75) is 166 Å². The molecule has 0 bridgehead atoms. The smallest absolute Gasteiger partial charge is 0.246 e. The Morgan fingerprint density at radius 3 is 2.12 bits per heavy atom. The lowest BCUT2D eigenvalue weighted by atomic mass is 9.51. The van der Waals surface area contributed by atoms with Gasteiger partial charge < -0.3 is 47.1 Å². The topological polar surface area (TPSA) is 207 Å². The van der Waals surface area contributed by atoms with Gasteiger partial charge in [0.1, 0.15) is 30.4 Å². The maximum Gasteiger partial charge on any atom is 0.246 e. The molecule has 5 rings (SSSR count). The van der Waals surface area contributed by atoms with Crippen LogP contribution in [-0.2, 0) is 33.4 Å². The molecule has 0 aromatic heterocycles. The first-order valence-electron chi connectivity index (χ1n) is 20.0. The van der Waals surface area contributed by atoms with E-state index in [-0.39, 0.29) is 37.1 Å². The van der Waals surface area contributed by atoms with Crippen LogP contribution in [0.3, 0.4) is 0 Å². The fourth-order valence-corrected chi connectivity index (χ4v) is 9.17. The molecule has 1 spiro atoms. The van der Waals surface area contributed by atoms with E-state index >= 15 is 0 Å². The zero-order valence-electron chi connectivity index (χ0n) is 31.8. The first kappa shape index (κ1) is 40.4. The quantitative estimate of drug-likeness (QED) is 0.203. The van der Waals surface area contributed by atoms with E-state index in [0.29, 0.717) is 43.4 Å². The summed E-state index contributed by atoms with van der Waals surface area (Å²) in [5, 5.41) is 11.4. The van der Waals surface area contributed by atoms with Gasteiger partial charge in [-0.05, 0) is 88.4 Å². The Hall–Kier alpha value is -2.81. The van der Waals surface area contributed by atoms with Gasteiger partial charge in [-0.15, -0.1) is 0 Å². The summed E-state index contributed by atoms with van der Waals surface area (Å²) in [6, 6.07) is -3.98. The number of rotatable bonds is 9. The van der Waals surface area contributed by atoms with Gasteiger partial charge in [0, 0.05) is 19.6 Å². The molecule has 0 unspecified atom stereocenters. The number of carbonyl (C=O) groups is 5. The molecule has 8 N–H and O–H groups in total. The van der Waals surface area contributed by atoms with Crippen molar-refractivity contribution in [3.63, 3.8) is 0 Å². The van der Waals surface area contributed by atoms with Crippen molar-refractivity contribution < 1.29 is 33.4 Å². The fourth-order valence-electron chi connectivity index (χ4n) is 9.17. The molecule has 14 heteroatoms. The highest BCUT2D eigenvalue weighted by Gasteiger charge is 2.49. The van der Waals surface area contributed by atoms with Crippen molar-refractivity contribution in [1.82, 2.24) is 26.2 Å². The highest BCUT2D eigenvalue weighted by atomic mass is 16.5. The molecule has 1 heterocycles. The highest BCUT2D eigenvalue weighted by Crippen LogP contribution is 2.60. The van der Waals surface area contributed by atoms with Crippen molar-refractivity contribution in [2.75, 3.05) is 20.2 Å². The van der Waals surface area contributed by atoms with E-state index in [1.807, 2.05) is 13.8 Å². The number of amides is 5. The van der Waals surface area contributed by atoms with Crippen LogP contribution in [0.25, 0.3) is 0 Å². The second kappa shape index (κ2) is 18.0. The number of carbonyl (C=O) groups excluding carboxylic acids is 5. The molecule has 0 aromatic carbocycles. The van der Waals surface area contributed by atoms with Gasteiger partial charge >= 0.3 is 0 Å². The van der Waals surface area contributed by atoms with Crippen molar-refractivity contribution in [3.8, 4) is 0 Å². The predicted molar refractivity (Wildman–Crippen MR) is 195 cm³/mol. The van der Waals surface area contributed by atoms with Crippen LogP contribution in [0, 0.1) is 23.2 Å². The highest BCUT2D eigenvalue weighted by molar-refractivity contribution is 5.96. The molecule has 5 amide bonds. The molecule has 5 aliphatic rings. The molecular weight excluding hydrogens is 666 g/mol. The largest absolute Gasteiger partial charge is 0.375 e. The summed E-state index contributed by atoms with van der Waals surface area (Å²) in [6.07, 6.45) is 11.9. The summed E-state index contributed by atoms with van der Waals surface area (Å²) in [4.78, 5) is 71.3. The molecule has 0 radical (unpaired) electrons. The summed E-state index contributed by atoms with van der Waals surface area (Å²) in [6.45, 7) is 5.16. The van der Waals surface area contributed by atoms with E-state index in [4.69, 9.17) is 20.9 Å². The van der Waals surface area contributed by atoms with E-state index in [0.717, 1.165) is 44.9 Å². The molecule has 4 aliphatic carbocycles. The molecule has 1 saturated heterocycles. The Bertz CT molecular complexity index is 1260. The third kappa shape index (κ3) is 9.83. The summed E-state index contributed by atoms with van der Waals surface area (Å²) in [5.74, 6) is -2.65. The van der Waals surface area contributed by atoms with E-state index in [1.54, 1.807) is 14.0 Å². The first-order chi connectivity index (χ1) is 24.8. The summed E-state index contributed by atoms with van der Waals surface area (Å²) in [5.41, 5.74) is 12.4. The van der Waals surface area contributed by atoms with Gasteiger partial charge in [0.15, 0.2) is 0 Å². The van der Waals surface area contributed by atoms with E-state index in [2.05, 4.69) is 21.3 Å². The minimum absolute atomic E-state index is 0.0364. The Morgan fingerprint density at radius 2 is 1.52 bits per heavy atom.